The Bertz CT molecular complexity index is 616. The fourth-order valence-corrected chi connectivity index (χ4v) is 1.54. The van der Waals surface area contributed by atoms with E-state index in [0.29, 0.717) is 18.8 Å². The Morgan fingerprint density at radius 3 is 3.05 bits per heavy atom. The number of nitriles is 1. The summed E-state index contributed by atoms with van der Waals surface area (Å²) < 4.78 is 5.16. The number of hydrogen-bond donors (Lipinski definition) is 1. The molecule has 1 N–H and O–H groups in total. The first-order chi connectivity index (χ1) is 9.20. The maximum Gasteiger partial charge on any atom is 0.289 e. The second-order valence-electron chi connectivity index (χ2n) is 3.71. The van der Waals surface area contributed by atoms with Gasteiger partial charge in [-0.2, -0.15) is 5.26 Å². The standard InChI is InChI=1S/C12H10N4O3/c13-7-9-6-10(16(17)18)8-15-12(9)14-4-3-11-2-1-5-19-11/h1-2,5-6,8H,3-4H2,(H,14,15). The van der Waals surface area contributed by atoms with E-state index in [1.54, 1.807) is 12.3 Å². The summed E-state index contributed by atoms with van der Waals surface area (Å²) in [7, 11) is 0. The van der Waals surface area contributed by atoms with Crippen LogP contribution in [0, 0.1) is 21.4 Å². The van der Waals surface area contributed by atoms with Crippen LogP contribution in [0.25, 0.3) is 0 Å². The van der Waals surface area contributed by atoms with E-state index in [-0.39, 0.29) is 11.3 Å². The number of aromatic nitrogens is 1. The van der Waals surface area contributed by atoms with Crippen molar-refractivity contribution in [3.8, 4) is 6.07 Å². The first kappa shape index (κ1) is 12.6. The van der Waals surface area contributed by atoms with Gasteiger partial charge in [0.15, 0.2) is 0 Å². The highest BCUT2D eigenvalue weighted by atomic mass is 16.6. The van der Waals surface area contributed by atoms with Crippen molar-refractivity contribution in [1.29, 1.82) is 5.26 Å². The summed E-state index contributed by atoms with van der Waals surface area (Å²) in [6.07, 6.45) is 3.34. The van der Waals surface area contributed by atoms with Gasteiger partial charge in [0.2, 0.25) is 0 Å². The molecular formula is C12H10N4O3. The minimum absolute atomic E-state index is 0.147. The zero-order chi connectivity index (χ0) is 13.7. The minimum atomic E-state index is -0.583. The first-order valence-corrected chi connectivity index (χ1v) is 5.51. The molecule has 19 heavy (non-hydrogen) atoms. The number of nitrogens with zero attached hydrogens (tertiary/aromatic N) is 3. The van der Waals surface area contributed by atoms with E-state index in [1.165, 1.54) is 6.07 Å². The van der Waals surface area contributed by atoms with Crippen LogP contribution in [0.4, 0.5) is 11.5 Å². The van der Waals surface area contributed by atoms with Gasteiger partial charge in [-0.1, -0.05) is 0 Å². The zero-order valence-corrected chi connectivity index (χ0v) is 9.87. The molecule has 2 rings (SSSR count). The summed E-state index contributed by atoms with van der Waals surface area (Å²) in [5, 5.41) is 22.5. The molecular weight excluding hydrogens is 248 g/mol. The van der Waals surface area contributed by atoms with Crippen LogP contribution >= 0.6 is 0 Å². The summed E-state index contributed by atoms with van der Waals surface area (Å²) in [6.45, 7) is 0.521. The van der Waals surface area contributed by atoms with Crippen LogP contribution in [0.3, 0.4) is 0 Å². The predicted molar refractivity (Wildman–Crippen MR) is 66.5 cm³/mol. The van der Waals surface area contributed by atoms with E-state index in [9.17, 15) is 10.1 Å². The van der Waals surface area contributed by atoms with Gasteiger partial charge in [-0.05, 0) is 12.1 Å². The third kappa shape index (κ3) is 3.07. The first-order valence-electron chi connectivity index (χ1n) is 5.51. The van der Waals surface area contributed by atoms with Crippen LogP contribution in [0.15, 0.2) is 35.1 Å². The normalized spacial score (nSPS) is 9.84. The molecule has 0 fully saturated rings. The van der Waals surface area contributed by atoms with Gasteiger partial charge in [-0.3, -0.25) is 10.1 Å². The topological polar surface area (TPSA) is 105 Å². The largest absolute Gasteiger partial charge is 0.469 e. The summed E-state index contributed by atoms with van der Waals surface area (Å²) in [5.74, 6) is 1.15. The Kier molecular flexibility index (Phi) is 3.73. The molecule has 0 aliphatic carbocycles. The van der Waals surface area contributed by atoms with E-state index >= 15 is 0 Å². The Hall–Kier alpha value is -2.88. The average molecular weight is 258 g/mol. The maximum atomic E-state index is 10.6. The van der Waals surface area contributed by atoms with Gasteiger partial charge in [0.05, 0.1) is 11.2 Å². The van der Waals surface area contributed by atoms with Crippen molar-refractivity contribution in [2.24, 2.45) is 0 Å². The second-order valence-corrected chi connectivity index (χ2v) is 3.71. The SMILES string of the molecule is N#Cc1cc([N+](=O)[O-])cnc1NCCc1ccco1. The molecule has 96 valence electrons. The van der Waals surface area contributed by atoms with Gasteiger partial charge < -0.3 is 9.73 Å². The summed E-state index contributed by atoms with van der Waals surface area (Å²) in [6, 6.07) is 6.71. The van der Waals surface area contributed by atoms with Crippen molar-refractivity contribution in [2.45, 2.75) is 6.42 Å². The van der Waals surface area contributed by atoms with Crippen molar-refractivity contribution in [3.63, 3.8) is 0 Å². The lowest BCUT2D eigenvalue weighted by atomic mass is 10.2. The Balaban J connectivity index is 2.04. The summed E-state index contributed by atoms with van der Waals surface area (Å²) in [5.41, 5.74) is -0.0539. The van der Waals surface area contributed by atoms with Crippen molar-refractivity contribution in [2.75, 3.05) is 11.9 Å². The monoisotopic (exact) mass is 258 g/mol. The summed E-state index contributed by atoms with van der Waals surface area (Å²) >= 11 is 0. The lowest BCUT2D eigenvalue weighted by Gasteiger charge is -2.05. The van der Waals surface area contributed by atoms with E-state index in [0.717, 1.165) is 12.0 Å². The maximum absolute atomic E-state index is 10.6. The Labute approximate surface area is 108 Å². The van der Waals surface area contributed by atoms with Crippen LogP contribution in [0.5, 0.6) is 0 Å². The second kappa shape index (κ2) is 5.64. The fraction of sp³-hybridized carbons (Fsp3) is 0.167. The van der Waals surface area contributed by atoms with Gasteiger partial charge in [0.25, 0.3) is 5.69 Å². The quantitative estimate of drug-likeness (QED) is 0.650. The average Bonchev–Trinajstić information content (AvgIpc) is 2.92. The highest BCUT2D eigenvalue weighted by Crippen LogP contribution is 2.18. The van der Waals surface area contributed by atoms with Crippen LogP contribution in [-0.4, -0.2) is 16.5 Å². The molecule has 0 unspecified atom stereocenters. The zero-order valence-electron chi connectivity index (χ0n) is 9.87. The molecule has 0 aromatic carbocycles. The molecule has 2 aromatic rings. The number of anilines is 1. The molecule has 2 heterocycles. The highest BCUT2D eigenvalue weighted by molar-refractivity contribution is 5.55. The minimum Gasteiger partial charge on any atom is -0.469 e. The molecule has 0 saturated carbocycles. The number of pyridine rings is 1. The molecule has 0 bridgehead atoms. The van der Waals surface area contributed by atoms with Crippen LogP contribution in [0.1, 0.15) is 11.3 Å². The van der Waals surface area contributed by atoms with E-state index in [4.69, 9.17) is 9.68 Å². The molecule has 7 nitrogen and oxygen atoms in total. The van der Waals surface area contributed by atoms with Crippen molar-refractivity contribution < 1.29 is 9.34 Å². The summed E-state index contributed by atoms with van der Waals surface area (Å²) in [4.78, 5) is 13.9. The molecule has 0 aliphatic heterocycles. The molecule has 0 amide bonds. The Morgan fingerprint density at radius 2 is 2.42 bits per heavy atom. The van der Waals surface area contributed by atoms with Crippen LogP contribution in [0.2, 0.25) is 0 Å². The van der Waals surface area contributed by atoms with Crippen molar-refractivity contribution >= 4 is 11.5 Å². The van der Waals surface area contributed by atoms with E-state index in [2.05, 4.69) is 10.3 Å². The molecule has 0 saturated heterocycles. The lowest BCUT2D eigenvalue weighted by molar-refractivity contribution is -0.385. The van der Waals surface area contributed by atoms with Gasteiger partial charge in [0, 0.05) is 19.0 Å². The third-order valence-corrected chi connectivity index (χ3v) is 2.45. The predicted octanol–water partition coefficient (Wildman–Crippen LogP) is 2.11. The molecule has 2 aromatic heterocycles. The lowest BCUT2D eigenvalue weighted by Crippen LogP contribution is -2.07. The number of rotatable bonds is 5. The van der Waals surface area contributed by atoms with Gasteiger partial charge in [0.1, 0.15) is 29.4 Å². The number of furan rings is 1. The Morgan fingerprint density at radius 1 is 1.58 bits per heavy atom. The van der Waals surface area contributed by atoms with Crippen LogP contribution < -0.4 is 5.32 Å². The molecule has 0 atom stereocenters. The van der Waals surface area contributed by atoms with Crippen molar-refractivity contribution in [1.82, 2.24) is 4.98 Å². The fourth-order valence-electron chi connectivity index (χ4n) is 1.54. The van der Waals surface area contributed by atoms with Gasteiger partial charge >= 0.3 is 0 Å². The third-order valence-electron chi connectivity index (χ3n) is 2.45. The smallest absolute Gasteiger partial charge is 0.289 e. The molecule has 0 spiro atoms. The number of nitrogens with one attached hydrogen (secondary N) is 1. The molecule has 0 radical (unpaired) electrons. The van der Waals surface area contributed by atoms with E-state index < -0.39 is 4.92 Å². The van der Waals surface area contributed by atoms with Crippen LogP contribution in [-0.2, 0) is 6.42 Å². The van der Waals surface area contributed by atoms with Gasteiger partial charge in [-0.15, -0.1) is 0 Å². The highest BCUT2D eigenvalue weighted by Gasteiger charge is 2.11. The molecule has 0 aliphatic rings. The number of hydrogen-bond acceptors (Lipinski definition) is 6. The molecule has 7 heteroatoms. The number of nitro groups is 1. The van der Waals surface area contributed by atoms with E-state index in [1.807, 2.05) is 12.1 Å². The van der Waals surface area contributed by atoms with Gasteiger partial charge in [-0.25, -0.2) is 4.98 Å². The van der Waals surface area contributed by atoms with Crippen molar-refractivity contribution in [3.05, 3.63) is 52.1 Å².